The molecule has 0 radical (unpaired) electrons. The van der Waals surface area contributed by atoms with Crippen LogP contribution in [0.15, 0.2) is 50.4 Å². The second kappa shape index (κ2) is 7.54. The Hall–Kier alpha value is -3.41. The zero-order chi connectivity index (χ0) is 20.5. The maximum Gasteiger partial charge on any atom is 0.340 e. The summed E-state index contributed by atoms with van der Waals surface area (Å²) in [5, 5.41) is 4.67. The SMILES string of the molecule is Cc1coc2c(C)c3oc(=O)c(CC(=O)NCCc4ccccn4)c(C)c3cc12. The van der Waals surface area contributed by atoms with Crippen LogP contribution < -0.4 is 10.9 Å². The van der Waals surface area contributed by atoms with Crippen LogP contribution in [0.4, 0.5) is 0 Å². The van der Waals surface area contributed by atoms with E-state index in [-0.39, 0.29) is 12.3 Å². The van der Waals surface area contributed by atoms with Crippen molar-refractivity contribution in [2.24, 2.45) is 0 Å². The van der Waals surface area contributed by atoms with Crippen LogP contribution in [0.3, 0.4) is 0 Å². The fraction of sp³-hybridized carbons (Fsp3) is 0.261. The standard InChI is InChI=1S/C23H22N2O4/c1-13-12-28-21-15(3)22-18(10-17(13)21)14(2)19(23(27)29-22)11-20(26)25-9-7-16-6-4-5-8-24-16/h4-6,8,10,12H,7,9,11H2,1-3H3,(H,25,26). The Labute approximate surface area is 167 Å². The van der Waals surface area contributed by atoms with Gasteiger partial charge in [-0.25, -0.2) is 4.79 Å². The summed E-state index contributed by atoms with van der Waals surface area (Å²) in [5.74, 6) is -0.215. The predicted molar refractivity (Wildman–Crippen MR) is 111 cm³/mol. The molecule has 0 aliphatic heterocycles. The highest BCUT2D eigenvalue weighted by Gasteiger charge is 2.19. The summed E-state index contributed by atoms with van der Waals surface area (Å²) in [6.45, 7) is 6.17. The average molecular weight is 390 g/mol. The topological polar surface area (TPSA) is 85.3 Å². The lowest BCUT2D eigenvalue weighted by atomic mass is 9.99. The molecule has 0 atom stereocenters. The Bertz CT molecular complexity index is 1270. The second-order valence-corrected chi connectivity index (χ2v) is 7.26. The van der Waals surface area contributed by atoms with Gasteiger partial charge in [-0.1, -0.05) is 6.07 Å². The van der Waals surface area contributed by atoms with Crippen LogP contribution >= 0.6 is 0 Å². The van der Waals surface area contributed by atoms with E-state index in [0.717, 1.165) is 38.7 Å². The van der Waals surface area contributed by atoms with E-state index in [1.807, 2.05) is 45.0 Å². The Balaban J connectivity index is 1.60. The number of aromatic nitrogens is 1. The third-order valence-electron chi connectivity index (χ3n) is 5.30. The number of carbonyl (C=O) groups excluding carboxylic acids is 1. The van der Waals surface area contributed by atoms with Gasteiger partial charge in [0.25, 0.3) is 0 Å². The molecule has 6 nitrogen and oxygen atoms in total. The van der Waals surface area contributed by atoms with Gasteiger partial charge in [-0.15, -0.1) is 0 Å². The van der Waals surface area contributed by atoms with Crippen LogP contribution in [0.2, 0.25) is 0 Å². The molecule has 1 amide bonds. The minimum absolute atomic E-state index is 0.0201. The normalized spacial score (nSPS) is 11.3. The highest BCUT2D eigenvalue weighted by Crippen LogP contribution is 2.32. The molecule has 1 N–H and O–H groups in total. The zero-order valence-corrected chi connectivity index (χ0v) is 16.7. The number of hydrogen-bond donors (Lipinski definition) is 1. The van der Waals surface area contributed by atoms with Gasteiger partial charge in [-0.3, -0.25) is 9.78 Å². The molecular formula is C23H22N2O4. The van der Waals surface area contributed by atoms with Crippen LogP contribution in [0.25, 0.3) is 21.9 Å². The number of nitrogens with zero attached hydrogens (tertiary/aromatic N) is 1. The first-order valence-electron chi connectivity index (χ1n) is 9.56. The van der Waals surface area contributed by atoms with Crippen molar-refractivity contribution in [3.05, 3.63) is 75.1 Å². The van der Waals surface area contributed by atoms with Gasteiger partial charge in [0.05, 0.1) is 18.2 Å². The number of amides is 1. The molecule has 1 aromatic carbocycles. The summed E-state index contributed by atoms with van der Waals surface area (Å²) in [7, 11) is 0. The van der Waals surface area contributed by atoms with Gasteiger partial charge < -0.3 is 14.2 Å². The van der Waals surface area contributed by atoms with Gasteiger partial charge in [0.1, 0.15) is 11.2 Å². The van der Waals surface area contributed by atoms with Crippen molar-refractivity contribution < 1.29 is 13.6 Å². The fourth-order valence-electron chi connectivity index (χ4n) is 3.62. The van der Waals surface area contributed by atoms with E-state index in [2.05, 4.69) is 10.3 Å². The van der Waals surface area contributed by atoms with Gasteiger partial charge in [0, 0.05) is 41.2 Å². The molecule has 0 bridgehead atoms. The number of benzene rings is 1. The van der Waals surface area contributed by atoms with Crippen LogP contribution in [0.1, 0.15) is 27.9 Å². The minimum Gasteiger partial charge on any atom is -0.464 e. The molecule has 3 aromatic heterocycles. The Morgan fingerprint density at radius 1 is 1.10 bits per heavy atom. The van der Waals surface area contributed by atoms with Crippen molar-refractivity contribution in [2.45, 2.75) is 33.6 Å². The maximum absolute atomic E-state index is 12.6. The van der Waals surface area contributed by atoms with Crippen LogP contribution in [-0.2, 0) is 17.6 Å². The summed E-state index contributed by atoms with van der Waals surface area (Å²) in [6.07, 6.45) is 4.03. The van der Waals surface area contributed by atoms with Crippen LogP contribution in [-0.4, -0.2) is 17.4 Å². The minimum atomic E-state index is -0.486. The van der Waals surface area contributed by atoms with Crippen molar-refractivity contribution in [3.8, 4) is 0 Å². The summed E-state index contributed by atoms with van der Waals surface area (Å²) >= 11 is 0. The highest BCUT2D eigenvalue weighted by molar-refractivity contribution is 6.00. The summed E-state index contributed by atoms with van der Waals surface area (Å²) < 4.78 is 11.2. The number of hydrogen-bond acceptors (Lipinski definition) is 5. The van der Waals surface area contributed by atoms with E-state index in [4.69, 9.17) is 8.83 Å². The number of rotatable bonds is 5. The average Bonchev–Trinajstić information content (AvgIpc) is 3.08. The van der Waals surface area contributed by atoms with E-state index >= 15 is 0 Å². The van der Waals surface area contributed by atoms with E-state index in [9.17, 15) is 9.59 Å². The van der Waals surface area contributed by atoms with E-state index in [1.165, 1.54) is 0 Å². The number of pyridine rings is 1. The third-order valence-corrected chi connectivity index (χ3v) is 5.30. The molecule has 0 fully saturated rings. The first kappa shape index (κ1) is 18.9. The number of aryl methyl sites for hydroxylation is 3. The molecule has 3 heterocycles. The van der Waals surface area contributed by atoms with Gasteiger partial charge in [-0.2, -0.15) is 0 Å². The van der Waals surface area contributed by atoms with E-state index in [1.54, 1.807) is 12.5 Å². The first-order valence-corrected chi connectivity index (χ1v) is 9.56. The number of fused-ring (bicyclic) bond motifs is 2. The monoisotopic (exact) mass is 390 g/mol. The van der Waals surface area contributed by atoms with E-state index < -0.39 is 5.63 Å². The number of carbonyl (C=O) groups is 1. The Morgan fingerprint density at radius 3 is 2.69 bits per heavy atom. The Kier molecular flexibility index (Phi) is 4.92. The zero-order valence-electron chi connectivity index (χ0n) is 16.7. The van der Waals surface area contributed by atoms with E-state index in [0.29, 0.717) is 24.1 Å². The molecule has 0 unspecified atom stereocenters. The molecule has 4 aromatic rings. The number of nitrogens with one attached hydrogen (secondary N) is 1. The lowest BCUT2D eigenvalue weighted by Gasteiger charge is -2.10. The predicted octanol–water partition coefficient (Wildman–Crippen LogP) is 3.76. The highest BCUT2D eigenvalue weighted by atomic mass is 16.4. The fourth-order valence-corrected chi connectivity index (χ4v) is 3.62. The van der Waals surface area contributed by atoms with Crippen molar-refractivity contribution in [3.63, 3.8) is 0 Å². The van der Waals surface area contributed by atoms with Crippen molar-refractivity contribution >= 4 is 27.8 Å². The lowest BCUT2D eigenvalue weighted by molar-refractivity contribution is -0.120. The van der Waals surface area contributed by atoms with Gasteiger partial charge in [-0.05, 0) is 50.1 Å². The van der Waals surface area contributed by atoms with Crippen molar-refractivity contribution in [1.29, 1.82) is 0 Å². The summed E-state index contributed by atoms with van der Waals surface area (Å²) in [5.41, 5.74) is 4.60. The Morgan fingerprint density at radius 2 is 1.93 bits per heavy atom. The second-order valence-electron chi connectivity index (χ2n) is 7.26. The smallest absolute Gasteiger partial charge is 0.340 e. The number of furan rings is 1. The lowest BCUT2D eigenvalue weighted by Crippen LogP contribution is -2.29. The summed E-state index contributed by atoms with van der Waals surface area (Å²) in [4.78, 5) is 29.2. The van der Waals surface area contributed by atoms with Gasteiger partial charge >= 0.3 is 5.63 Å². The molecule has 6 heteroatoms. The van der Waals surface area contributed by atoms with Gasteiger partial charge in [0.2, 0.25) is 5.91 Å². The van der Waals surface area contributed by atoms with Crippen molar-refractivity contribution in [2.75, 3.05) is 6.54 Å². The third kappa shape index (κ3) is 3.53. The molecule has 0 aliphatic rings. The molecular weight excluding hydrogens is 368 g/mol. The molecule has 0 aliphatic carbocycles. The largest absolute Gasteiger partial charge is 0.464 e. The molecule has 0 spiro atoms. The molecule has 29 heavy (non-hydrogen) atoms. The summed E-state index contributed by atoms with van der Waals surface area (Å²) in [6, 6.07) is 7.64. The van der Waals surface area contributed by atoms with Crippen LogP contribution in [0, 0.1) is 20.8 Å². The first-order chi connectivity index (χ1) is 14.0. The van der Waals surface area contributed by atoms with Crippen LogP contribution in [0.5, 0.6) is 0 Å². The van der Waals surface area contributed by atoms with Crippen molar-refractivity contribution in [1.82, 2.24) is 10.3 Å². The molecule has 0 saturated carbocycles. The quantitative estimate of drug-likeness (QED) is 0.525. The maximum atomic E-state index is 12.6. The molecule has 148 valence electrons. The molecule has 0 saturated heterocycles. The molecule has 4 rings (SSSR count). The van der Waals surface area contributed by atoms with Gasteiger partial charge in [0.15, 0.2) is 0 Å².